The Kier molecular flexibility index (Phi) is 2.71. The standard InChI is InChI=1S/C9H12N2O3/c1-9(10,8(13)14-2)7-6(12)4-3-5-11-7/h3-5,12H,10H2,1-2H3/t9-/m1/s1. The van der Waals surface area contributed by atoms with Gasteiger partial charge in [-0.05, 0) is 19.1 Å². The third-order valence-corrected chi connectivity index (χ3v) is 1.89. The molecule has 0 fully saturated rings. The van der Waals surface area contributed by atoms with Crippen LogP contribution in [0.15, 0.2) is 18.3 Å². The van der Waals surface area contributed by atoms with Gasteiger partial charge >= 0.3 is 5.97 Å². The quantitative estimate of drug-likeness (QED) is 0.657. The molecule has 0 aliphatic heterocycles. The molecule has 0 amide bonds. The molecular formula is C9H12N2O3. The molecule has 0 saturated heterocycles. The smallest absolute Gasteiger partial charge is 0.331 e. The summed E-state index contributed by atoms with van der Waals surface area (Å²) >= 11 is 0. The van der Waals surface area contributed by atoms with Crippen molar-refractivity contribution in [2.75, 3.05) is 7.11 Å². The molecule has 0 aliphatic rings. The molecule has 14 heavy (non-hydrogen) atoms. The Morgan fingerprint density at radius 1 is 1.71 bits per heavy atom. The van der Waals surface area contributed by atoms with Gasteiger partial charge in [-0.1, -0.05) is 0 Å². The largest absolute Gasteiger partial charge is 0.506 e. The van der Waals surface area contributed by atoms with Crippen molar-refractivity contribution in [2.45, 2.75) is 12.5 Å². The van der Waals surface area contributed by atoms with Gasteiger partial charge in [-0.2, -0.15) is 0 Å². The topological polar surface area (TPSA) is 85.4 Å². The van der Waals surface area contributed by atoms with Gasteiger partial charge in [-0.25, -0.2) is 4.79 Å². The molecule has 0 bridgehead atoms. The summed E-state index contributed by atoms with van der Waals surface area (Å²) in [5, 5.41) is 9.44. The van der Waals surface area contributed by atoms with E-state index in [9.17, 15) is 9.90 Å². The summed E-state index contributed by atoms with van der Waals surface area (Å²) in [6, 6.07) is 2.96. The third kappa shape index (κ3) is 1.67. The van der Waals surface area contributed by atoms with Crippen molar-refractivity contribution in [3.05, 3.63) is 24.0 Å². The van der Waals surface area contributed by atoms with Gasteiger partial charge in [0.2, 0.25) is 0 Å². The molecule has 0 aliphatic carbocycles. The lowest BCUT2D eigenvalue weighted by Crippen LogP contribution is -2.43. The number of esters is 1. The van der Waals surface area contributed by atoms with Gasteiger partial charge in [0.25, 0.3) is 0 Å². The summed E-state index contributed by atoms with van der Waals surface area (Å²) < 4.78 is 4.51. The number of nitrogens with zero attached hydrogens (tertiary/aromatic N) is 1. The molecular weight excluding hydrogens is 184 g/mol. The second-order valence-electron chi connectivity index (χ2n) is 3.07. The van der Waals surface area contributed by atoms with Crippen molar-refractivity contribution in [1.29, 1.82) is 0 Å². The summed E-state index contributed by atoms with van der Waals surface area (Å²) in [5.74, 6) is -0.769. The van der Waals surface area contributed by atoms with E-state index in [1.165, 1.54) is 26.3 Å². The van der Waals surface area contributed by atoms with Crippen LogP contribution in [0.5, 0.6) is 5.75 Å². The first-order valence-electron chi connectivity index (χ1n) is 4.02. The van der Waals surface area contributed by atoms with Crippen molar-refractivity contribution < 1.29 is 14.6 Å². The van der Waals surface area contributed by atoms with Gasteiger partial charge in [0.15, 0.2) is 5.54 Å². The molecule has 5 nitrogen and oxygen atoms in total. The normalized spacial score (nSPS) is 14.5. The number of carbonyl (C=O) groups is 1. The fraction of sp³-hybridized carbons (Fsp3) is 0.333. The number of ether oxygens (including phenoxy) is 1. The van der Waals surface area contributed by atoms with Crippen LogP contribution in [0, 0.1) is 0 Å². The molecule has 76 valence electrons. The average Bonchev–Trinajstić information content (AvgIpc) is 2.17. The zero-order chi connectivity index (χ0) is 10.8. The lowest BCUT2D eigenvalue weighted by atomic mass is 9.98. The van der Waals surface area contributed by atoms with E-state index in [1.54, 1.807) is 6.07 Å². The van der Waals surface area contributed by atoms with Crippen LogP contribution in [0.2, 0.25) is 0 Å². The van der Waals surface area contributed by atoms with E-state index in [0.717, 1.165) is 0 Å². The minimum Gasteiger partial charge on any atom is -0.506 e. The molecule has 1 aromatic heterocycles. The van der Waals surface area contributed by atoms with E-state index >= 15 is 0 Å². The highest BCUT2D eigenvalue weighted by Gasteiger charge is 2.35. The summed E-state index contributed by atoms with van der Waals surface area (Å²) in [6.07, 6.45) is 1.45. The number of hydrogen-bond donors (Lipinski definition) is 2. The number of aromatic nitrogens is 1. The predicted octanol–water partition coefficient (Wildman–Crippen LogP) is 0.134. The lowest BCUT2D eigenvalue weighted by molar-refractivity contribution is -0.147. The zero-order valence-corrected chi connectivity index (χ0v) is 8.02. The third-order valence-electron chi connectivity index (χ3n) is 1.89. The summed E-state index contributed by atoms with van der Waals surface area (Å²) in [6.45, 7) is 1.43. The number of nitrogens with two attached hydrogens (primary N) is 1. The minimum atomic E-state index is -1.43. The van der Waals surface area contributed by atoms with Crippen molar-refractivity contribution >= 4 is 5.97 Å². The van der Waals surface area contributed by atoms with E-state index in [0.29, 0.717) is 0 Å². The zero-order valence-electron chi connectivity index (χ0n) is 8.02. The molecule has 0 saturated carbocycles. The monoisotopic (exact) mass is 196 g/mol. The first-order valence-corrected chi connectivity index (χ1v) is 4.02. The van der Waals surface area contributed by atoms with E-state index in [2.05, 4.69) is 9.72 Å². The van der Waals surface area contributed by atoms with E-state index in [-0.39, 0.29) is 11.4 Å². The minimum absolute atomic E-state index is 0.104. The molecule has 1 aromatic rings. The molecule has 1 rings (SSSR count). The van der Waals surface area contributed by atoms with E-state index in [1.807, 2.05) is 0 Å². The van der Waals surface area contributed by atoms with Crippen molar-refractivity contribution in [3.63, 3.8) is 0 Å². The lowest BCUT2D eigenvalue weighted by Gasteiger charge is -2.21. The molecule has 0 spiro atoms. The van der Waals surface area contributed by atoms with Crippen LogP contribution in [-0.2, 0) is 15.1 Å². The number of carbonyl (C=O) groups excluding carboxylic acids is 1. The van der Waals surface area contributed by atoms with Gasteiger partial charge in [0, 0.05) is 6.20 Å². The van der Waals surface area contributed by atoms with Crippen LogP contribution < -0.4 is 5.73 Å². The van der Waals surface area contributed by atoms with Crippen molar-refractivity contribution in [1.82, 2.24) is 4.98 Å². The first-order chi connectivity index (χ1) is 6.50. The molecule has 1 atom stereocenters. The summed E-state index contributed by atoms with van der Waals surface area (Å²) in [5.41, 5.74) is 4.37. The Labute approximate surface area is 81.5 Å². The fourth-order valence-electron chi connectivity index (χ4n) is 1.11. The Balaban J connectivity index is 3.16. The number of hydrogen-bond acceptors (Lipinski definition) is 5. The molecule has 1 heterocycles. The molecule has 0 radical (unpaired) electrons. The SMILES string of the molecule is COC(=O)[C@](C)(N)c1ncccc1O. The Bertz CT molecular complexity index is 350. The number of methoxy groups -OCH3 is 1. The highest BCUT2D eigenvalue weighted by atomic mass is 16.5. The maximum atomic E-state index is 11.3. The van der Waals surface area contributed by atoms with Crippen LogP contribution in [0.25, 0.3) is 0 Å². The van der Waals surface area contributed by atoms with Crippen molar-refractivity contribution in [3.8, 4) is 5.75 Å². The second-order valence-corrected chi connectivity index (χ2v) is 3.07. The number of pyridine rings is 1. The second kappa shape index (κ2) is 3.63. The summed E-state index contributed by atoms with van der Waals surface area (Å²) in [4.78, 5) is 15.1. The van der Waals surface area contributed by atoms with Gasteiger partial charge in [-0.3, -0.25) is 4.98 Å². The molecule has 0 unspecified atom stereocenters. The summed E-state index contributed by atoms with van der Waals surface area (Å²) in [7, 11) is 1.23. The van der Waals surface area contributed by atoms with Crippen molar-refractivity contribution in [2.24, 2.45) is 5.73 Å². The molecule has 5 heteroatoms. The molecule has 3 N–H and O–H groups in total. The Morgan fingerprint density at radius 2 is 2.36 bits per heavy atom. The van der Waals surface area contributed by atoms with E-state index < -0.39 is 11.5 Å². The van der Waals surface area contributed by atoms with Gasteiger partial charge in [0.1, 0.15) is 11.4 Å². The maximum absolute atomic E-state index is 11.3. The van der Waals surface area contributed by atoms with Crippen LogP contribution in [-0.4, -0.2) is 23.2 Å². The first kappa shape index (κ1) is 10.5. The maximum Gasteiger partial charge on any atom is 0.331 e. The Morgan fingerprint density at radius 3 is 2.86 bits per heavy atom. The van der Waals surface area contributed by atoms with Crippen LogP contribution in [0.3, 0.4) is 0 Å². The van der Waals surface area contributed by atoms with E-state index in [4.69, 9.17) is 5.73 Å². The van der Waals surface area contributed by atoms with Crippen LogP contribution in [0.1, 0.15) is 12.6 Å². The number of rotatable bonds is 2. The Hall–Kier alpha value is -1.62. The fourth-order valence-corrected chi connectivity index (χ4v) is 1.11. The number of aromatic hydroxyl groups is 1. The van der Waals surface area contributed by atoms with Gasteiger partial charge in [0.05, 0.1) is 7.11 Å². The average molecular weight is 196 g/mol. The highest BCUT2D eigenvalue weighted by molar-refractivity contribution is 5.81. The van der Waals surface area contributed by atoms with Gasteiger partial charge in [-0.15, -0.1) is 0 Å². The predicted molar refractivity (Wildman–Crippen MR) is 49.5 cm³/mol. The van der Waals surface area contributed by atoms with Gasteiger partial charge < -0.3 is 15.6 Å². The van der Waals surface area contributed by atoms with Crippen LogP contribution >= 0.6 is 0 Å². The highest BCUT2D eigenvalue weighted by Crippen LogP contribution is 2.25. The van der Waals surface area contributed by atoms with Crippen LogP contribution in [0.4, 0.5) is 0 Å². The molecule has 0 aromatic carbocycles.